The van der Waals surface area contributed by atoms with E-state index in [4.69, 9.17) is 0 Å². The summed E-state index contributed by atoms with van der Waals surface area (Å²) in [6, 6.07) is 7.04. The van der Waals surface area contributed by atoms with E-state index in [-0.39, 0.29) is 23.6 Å². The highest BCUT2D eigenvalue weighted by molar-refractivity contribution is 7.92. The third kappa shape index (κ3) is 4.37. The predicted octanol–water partition coefficient (Wildman–Crippen LogP) is 1.94. The Bertz CT molecular complexity index is 772. The lowest BCUT2D eigenvalue weighted by Gasteiger charge is -2.32. The lowest BCUT2D eigenvalue weighted by atomic mass is 10.2. The summed E-state index contributed by atoms with van der Waals surface area (Å²) < 4.78 is 25.4. The average Bonchev–Trinajstić information content (AvgIpc) is 3.41. The van der Waals surface area contributed by atoms with E-state index in [2.05, 4.69) is 10.2 Å². The van der Waals surface area contributed by atoms with Crippen LogP contribution in [0.2, 0.25) is 0 Å². The number of hydrogen-bond acceptors (Lipinski definition) is 5. The van der Waals surface area contributed by atoms with E-state index in [1.165, 1.54) is 0 Å². The molecule has 1 aromatic carbocycles. The number of nitrogens with one attached hydrogen (secondary N) is 1. The van der Waals surface area contributed by atoms with Gasteiger partial charge in [0.1, 0.15) is 0 Å². The molecule has 6 nitrogen and oxygen atoms in total. The zero-order valence-electron chi connectivity index (χ0n) is 16.2. The summed E-state index contributed by atoms with van der Waals surface area (Å²) in [6.45, 7) is 5.65. The molecule has 28 heavy (non-hydrogen) atoms. The largest absolute Gasteiger partial charge is 0.337 e. The smallest absolute Gasteiger partial charge is 0.253 e. The Morgan fingerprint density at radius 3 is 2.25 bits per heavy atom. The Hall–Kier alpha value is -1.15. The maximum absolute atomic E-state index is 12.8. The molecule has 1 unspecified atom stereocenters. The maximum atomic E-state index is 12.8. The monoisotopic (exact) mass is 427 g/mol. The molecule has 1 aromatic rings. The molecule has 4 rings (SSSR count). The van der Waals surface area contributed by atoms with Gasteiger partial charge in [0.15, 0.2) is 9.84 Å². The normalized spacial score (nSPS) is 24.3. The van der Waals surface area contributed by atoms with E-state index in [1.807, 2.05) is 4.90 Å². The van der Waals surface area contributed by atoms with Crippen molar-refractivity contribution in [2.45, 2.75) is 48.3 Å². The third-order valence-electron chi connectivity index (χ3n) is 6.29. The number of benzene rings is 1. The Morgan fingerprint density at radius 1 is 0.964 bits per heavy atom. The Kier molecular flexibility index (Phi) is 7.02. The molecule has 1 N–H and O–H groups in total. The minimum Gasteiger partial charge on any atom is -0.337 e. The number of amides is 1. The first kappa shape index (κ1) is 21.6. The number of carbonyl (C=O) groups is 1. The van der Waals surface area contributed by atoms with E-state index in [9.17, 15) is 13.2 Å². The van der Waals surface area contributed by atoms with Crippen LogP contribution in [-0.4, -0.2) is 74.7 Å². The molecule has 2 saturated heterocycles. The second kappa shape index (κ2) is 9.11. The first-order valence-electron chi connectivity index (χ1n) is 10.1. The molecule has 8 heteroatoms. The topological polar surface area (TPSA) is 69.7 Å². The highest BCUT2D eigenvalue weighted by atomic mass is 35.5. The van der Waals surface area contributed by atoms with E-state index < -0.39 is 9.84 Å². The van der Waals surface area contributed by atoms with Crippen LogP contribution >= 0.6 is 12.4 Å². The van der Waals surface area contributed by atoms with Gasteiger partial charge in [0.25, 0.3) is 5.91 Å². The van der Waals surface area contributed by atoms with Crippen molar-refractivity contribution in [3.63, 3.8) is 0 Å². The van der Waals surface area contributed by atoms with E-state index >= 15 is 0 Å². The minimum atomic E-state index is -3.26. The second-order valence-corrected chi connectivity index (χ2v) is 10.2. The molecule has 0 radical (unpaired) electrons. The lowest BCUT2D eigenvalue weighted by Crippen LogP contribution is -2.49. The zero-order valence-corrected chi connectivity index (χ0v) is 17.8. The van der Waals surface area contributed by atoms with Gasteiger partial charge in [-0.2, -0.15) is 0 Å². The van der Waals surface area contributed by atoms with Crippen LogP contribution in [0.5, 0.6) is 0 Å². The molecule has 3 aliphatic rings. The summed E-state index contributed by atoms with van der Waals surface area (Å²) in [5, 5.41) is 3.11. The predicted molar refractivity (Wildman–Crippen MR) is 112 cm³/mol. The summed E-state index contributed by atoms with van der Waals surface area (Å²) in [5.41, 5.74) is 0.585. The molecule has 156 valence electrons. The number of piperazine rings is 1. The number of carbonyl (C=O) groups excluding carboxylic acids is 1. The molecule has 1 atom stereocenters. The summed E-state index contributed by atoms with van der Waals surface area (Å²) in [4.78, 5) is 17.6. The van der Waals surface area contributed by atoms with Gasteiger partial charge < -0.3 is 10.2 Å². The molecular formula is C20H30ClN3O3S. The van der Waals surface area contributed by atoms with E-state index in [1.54, 1.807) is 24.3 Å². The standard InChI is InChI=1S/C20H29N3O3S.ClH/c24-20(23-12-9-17(15-23)22-13-10-21-11-14-22)16-5-7-19(8-6-16)27(25,26)18-3-1-2-4-18;/h5-8,17-18,21H,1-4,9-15H2;1H. The van der Waals surface area contributed by atoms with E-state index in [0.29, 0.717) is 16.5 Å². The number of sulfone groups is 1. The van der Waals surface area contributed by atoms with Crippen molar-refractivity contribution in [1.82, 2.24) is 15.1 Å². The second-order valence-electron chi connectivity index (χ2n) is 7.96. The lowest BCUT2D eigenvalue weighted by molar-refractivity contribution is 0.0773. The van der Waals surface area contributed by atoms with Crippen LogP contribution < -0.4 is 5.32 Å². The molecule has 2 heterocycles. The van der Waals surface area contributed by atoms with Crippen LogP contribution in [0.1, 0.15) is 42.5 Å². The maximum Gasteiger partial charge on any atom is 0.253 e. The van der Waals surface area contributed by atoms with Crippen LogP contribution in [-0.2, 0) is 9.84 Å². The van der Waals surface area contributed by atoms with E-state index in [0.717, 1.165) is 71.4 Å². The highest BCUT2D eigenvalue weighted by Gasteiger charge is 2.32. The summed E-state index contributed by atoms with van der Waals surface area (Å²) >= 11 is 0. The van der Waals surface area contributed by atoms with Crippen LogP contribution in [0.3, 0.4) is 0 Å². The van der Waals surface area contributed by atoms with Crippen molar-refractivity contribution < 1.29 is 13.2 Å². The van der Waals surface area contributed by atoms with Gasteiger partial charge in [0.2, 0.25) is 0 Å². The fraction of sp³-hybridized carbons (Fsp3) is 0.650. The van der Waals surface area contributed by atoms with Crippen molar-refractivity contribution in [2.75, 3.05) is 39.3 Å². The quantitative estimate of drug-likeness (QED) is 0.795. The molecule has 1 saturated carbocycles. The average molecular weight is 428 g/mol. The molecule has 0 bridgehead atoms. The highest BCUT2D eigenvalue weighted by Crippen LogP contribution is 2.30. The van der Waals surface area contributed by atoms with Crippen LogP contribution in [0.25, 0.3) is 0 Å². The molecule has 0 spiro atoms. The summed E-state index contributed by atoms with van der Waals surface area (Å²) in [5.74, 6) is 0.0115. The van der Waals surface area contributed by atoms with Gasteiger partial charge in [-0.05, 0) is 43.5 Å². The Morgan fingerprint density at radius 2 is 1.61 bits per heavy atom. The first-order chi connectivity index (χ1) is 13.1. The SMILES string of the molecule is Cl.O=C(c1ccc(S(=O)(=O)C2CCCC2)cc1)N1CCC(N2CCNCC2)C1. The van der Waals surface area contributed by atoms with Gasteiger partial charge in [0.05, 0.1) is 10.1 Å². The number of rotatable bonds is 4. The Balaban J connectivity index is 0.00000225. The van der Waals surface area contributed by atoms with Gasteiger partial charge in [-0.1, -0.05) is 12.8 Å². The van der Waals surface area contributed by atoms with Crippen molar-refractivity contribution in [3.8, 4) is 0 Å². The molecule has 3 fully saturated rings. The molecular weight excluding hydrogens is 398 g/mol. The van der Waals surface area contributed by atoms with Gasteiger partial charge in [-0.15, -0.1) is 12.4 Å². The van der Waals surface area contributed by atoms with Gasteiger partial charge in [0, 0.05) is 50.9 Å². The van der Waals surface area contributed by atoms with Crippen LogP contribution in [0.4, 0.5) is 0 Å². The summed E-state index contributed by atoms with van der Waals surface area (Å²) in [7, 11) is -3.26. The number of likely N-dealkylation sites (tertiary alicyclic amines) is 1. The number of hydrogen-bond donors (Lipinski definition) is 1. The Labute approximate surface area is 174 Å². The van der Waals surface area contributed by atoms with Crippen LogP contribution in [0, 0.1) is 0 Å². The third-order valence-corrected chi connectivity index (χ3v) is 8.57. The fourth-order valence-electron chi connectivity index (χ4n) is 4.63. The number of nitrogens with zero attached hydrogens (tertiary/aromatic N) is 2. The van der Waals surface area contributed by atoms with Crippen LogP contribution in [0.15, 0.2) is 29.2 Å². The molecule has 0 aromatic heterocycles. The summed E-state index contributed by atoms with van der Waals surface area (Å²) in [6.07, 6.45) is 4.50. The van der Waals surface area contributed by atoms with Gasteiger partial charge in [-0.25, -0.2) is 8.42 Å². The van der Waals surface area contributed by atoms with Crippen molar-refractivity contribution in [3.05, 3.63) is 29.8 Å². The zero-order chi connectivity index (χ0) is 18.9. The fourth-order valence-corrected chi connectivity index (χ4v) is 6.49. The molecule has 2 aliphatic heterocycles. The van der Waals surface area contributed by atoms with Crippen molar-refractivity contribution >= 4 is 28.2 Å². The van der Waals surface area contributed by atoms with Crippen molar-refractivity contribution in [1.29, 1.82) is 0 Å². The molecule has 1 amide bonds. The minimum absolute atomic E-state index is 0. The van der Waals surface area contributed by atoms with Crippen molar-refractivity contribution in [2.24, 2.45) is 0 Å². The number of halogens is 1. The van der Waals surface area contributed by atoms with Gasteiger partial charge >= 0.3 is 0 Å². The molecule has 1 aliphatic carbocycles. The first-order valence-corrected chi connectivity index (χ1v) is 11.7. The van der Waals surface area contributed by atoms with Gasteiger partial charge in [-0.3, -0.25) is 9.69 Å².